The molecule has 0 aliphatic rings. The van der Waals surface area contributed by atoms with Crippen molar-refractivity contribution in [3.05, 3.63) is 70.7 Å². The number of carbonyl (C=O) groups is 1. The lowest BCUT2D eigenvalue weighted by molar-refractivity contribution is 0.102. The third kappa shape index (κ3) is 3.18. The van der Waals surface area contributed by atoms with Crippen molar-refractivity contribution in [1.29, 1.82) is 0 Å². The van der Waals surface area contributed by atoms with Gasteiger partial charge < -0.3 is 4.57 Å². The molecule has 8 heteroatoms. The number of hydrogen-bond donors (Lipinski definition) is 1. The molecule has 1 amide bonds. The minimum absolute atomic E-state index is 0.233. The highest BCUT2D eigenvalue weighted by Gasteiger charge is 2.14. The van der Waals surface area contributed by atoms with Crippen LogP contribution in [0.4, 0.5) is 9.52 Å². The zero-order valence-corrected chi connectivity index (χ0v) is 14.6. The molecule has 0 saturated carbocycles. The Bertz CT molecular complexity index is 1100. The molecule has 0 aliphatic carbocycles. The van der Waals surface area contributed by atoms with E-state index in [2.05, 4.69) is 20.5 Å². The zero-order valence-electron chi connectivity index (χ0n) is 13.8. The van der Waals surface area contributed by atoms with Gasteiger partial charge >= 0.3 is 0 Å². The molecular weight excluding hydrogens is 353 g/mol. The third-order valence-electron chi connectivity index (χ3n) is 3.96. The van der Waals surface area contributed by atoms with E-state index in [0.29, 0.717) is 11.6 Å². The summed E-state index contributed by atoms with van der Waals surface area (Å²) in [5, 5.41) is 11.9. The van der Waals surface area contributed by atoms with Crippen molar-refractivity contribution in [2.45, 2.75) is 6.42 Å². The monoisotopic (exact) mass is 367 g/mol. The minimum Gasteiger partial charge on any atom is -0.331 e. The molecule has 0 spiro atoms. The van der Waals surface area contributed by atoms with Gasteiger partial charge in [-0.15, -0.1) is 10.2 Å². The number of benzene rings is 2. The number of anilines is 1. The van der Waals surface area contributed by atoms with Crippen molar-refractivity contribution in [3.63, 3.8) is 0 Å². The van der Waals surface area contributed by atoms with Gasteiger partial charge in [0.1, 0.15) is 16.6 Å². The van der Waals surface area contributed by atoms with Crippen LogP contribution in [0.3, 0.4) is 0 Å². The highest BCUT2D eigenvalue weighted by Crippen LogP contribution is 2.21. The van der Waals surface area contributed by atoms with E-state index in [1.54, 1.807) is 6.07 Å². The summed E-state index contributed by atoms with van der Waals surface area (Å²) < 4.78 is 15.2. The second-order valence-electron chi connectivity index (χ2n) is 5.72. The maximum absolute atomic E-state index is 13.2. The standard InChI is InChI=1S/C18H14FN5OS/c1-24-14-8-3-2-7-13(14)20-15(24)10-16-22-23-18(26-16)21-17(25)11-5-4-6-12(19)9-11/h2-9H,10H2,1H3,(H,21,23,25). The number of hydrogen-bond acceptors (Lipinski definition) is 5. The van der Waals surface area contributed by atoms with Gasteiger partial charge in [-0.2, -0.15) is 0 Å². The predicted octanol–water partition coefficient (Wildman–Crippen LogP) is 3.41. The minimum atomic E-state index is -0.461. The number of imidazole rings is 1. The van der Waals surface area contributed by atoms with Crippen molar-refractivity contribution in [3.8, 4) is 0 Å². The third-order valence-corrected chi connectivity index (χ3v) is 4.80. The van der Waals surface area contributed by atoms with E-state index < -0.39 is 11.7 Å². The van der Waals surface area contributed by atoms with E-state index in [9.17, 15) is 9.18 Å². The number of nitrogens with one attached hydrogen (secondary N) is 1. The Hall–Kier alpha value is -3.13. The average Bonchev–Trinajstić information content (AvgIpc) is 3.20. The van der Waals surface area contributed by atoms with Crippen molar-refractivity contribution >= 4 is 33.4 Å². The van der Waals surface area contributed by atoms with Gasteiger partial charge in [0.15, 0.2) is 0 Å². The summed E-state index contributed by atoms with van der Waals surface area (Å²) >= 11 is 1.27. The normalized spacial score (nSPS) is 11.0. The summed E-state index contributed by atoms with van der Waals surface area (Å²) in [5.41, 5.74) is 2.21. The molecule has 0 saturated heterocycles. The van der Waals surface area contributed by atoms with E-state index in [0.717, 1.165) is 21.9 Å². The number of rotatable bonds is 4. The molecule has 0 atom stereocenters. The molecule has 0 unspecified atom stereocenters. The van der Waals surface area contributed by atoms with Crippen molar-refractivity contribution < 1.29 is 9.18 Å². The molecule has 0 bridgehead atoms. The summed E-state index contributed by atoms with van der Waals surface area (Å²) in [7, 11) is 1.96. The molecule has 2 aromatic carbocycles. The second kappa shape index (κ2) is 6.64. The highest BCUT2D eigenvalue weighted by molar-refractivity contribution is 7.15. The Kier molecular flexibility index (Phi) is 4.18. The first-order valence-electron chi connectivity index (χ1n) is 7.90. The number of para-hydroxylation sites is 2. The lowest BCUT2D eigenvalue weighted by atomic mass is 10.2. The number of aromatic nitrogens is 4. The Morgan fingerprint density at radius 3 is 2.85 bits per heavy atom. The Morgan fingerprint density at radius 1 is 1.19 bits per heavy atom. The molecule has 4 rings (SSSR count). The summed E-state index contributed by atoms with van der Waals surface area (Å²) in [6, 6.07) is 13.4. The van der Waals surface area contributed by atoms with Crippen LogP contribution in [0.25, 0.3) is 11.0 Å². The van der Waals surface area contributed by atoms with Crippen LogP contribution in [0.15, 0.2) is 48.5 Å². The quantitative estimate of drug-likeness (QED) is 0.600. The summed E-state index contributed by atoms with van der Waals surface area (Å²) in [6.45, 7) is 0. The van der Waals surface area contributed by atoms with Crippen molar-refractivity contribution in [2.75, 3.05) is 5.32 Å². The molecule has 2 heterocycles. The Balaban J connectivity index is 1.51. The molecule has 6 nitrogen and oxygen atoms in total. The first-order chi connectivity index (χ1) is 12.6. The van der Waals surface area contributed by atoms with Gasteiger partial charge in [-0.3, -0.25) is 10.1 Å². The average molecular weight is 367 g/mol. The van der Waals surface area contributed by atoms with Gasteiger partial charge in [0.25, 0.3) is 5.91 Å². The van der Waals surface area contributed by atoms with Crippen LogP contribution in [-0.2, 0) is 13.5 Å². The number of carbonyl (C=O) groups excluding carboxylic acids is 1. The lowest BCUT2D eigenvalue weighted by Gasteiger charge is -2.01. The van der Waals surface area contributed by atoms with Crippen LogP contribution in [0.1, 0.15) is 21.2 Å². The molecule has 130 valence electrons. The van der Waals surface area contributed by atoms with E-state index in [1.165, 1.54) is 29.5 Å². The van der Waals surface area contributed by atoms with Gasteiger partial charge in [0.2, 0.25) is 5.13 Å². The van der Waals surface area contributed by atoms with E-state index in [1.807, 2.05) is 35.9 Å². The predicted molar refractivity (Wildman–Crippen MR) is 97.8 cm³/mol. The van der Waals surface area contributed by atoms with Gasteiger partial charge in [-0.05, 0) is 30.3 Å². The SMILES string of the molecule is Cn1c(Cc2nnc(NC(=O)c3cccc(F)c3)s2)nc2ccccc21. The molecule has 0 aliphatic heterocycles. The summed E-state index contributed by atoms with van der Waals surface area (Å²) in [4.78, 5) is 16.8. The number of fused-ring (bicyclic) bond motifs is 1. The largest absolute Gasteiger partial charge is 0.331 e. The van der Waals surface area contributed by atoms with Crippen LogP contribution in [0, 0.1) is 5.82 Å². The fourth-order valence-electron chi connectivity index (χ4n) is 2.66. The van der Waals surface area contributed by atoms with E-state index >= 15 is 0 Å². The topological polar surface area (TPSA) is 72.7 Å². The lowest BCUT2D eigenvalue weighted by Crippen LogP contribution is -2.11. The molecule has 0 fully saturated rings. The maximum atomic E-state index is 13.2. The Labute approximate surface area is 152 Å². The highest BCUT2D eigenvalue weighted by atomic mass is 32.1. The van der Waals surface area contributed by atoms with Crippen LogP contribution < -0.4 is 5.32 Å². The molecule has 1 N–H and O–H groups in total. The number of halogens is 1. The fourth-order valence-corrected chi connectivity index (χ4v) is 3.39. The van der Waals surface area contributed by atoms with Gasteiger partial charge in [-0.1, -0.05) is 29.5 Å². The molecular formula is C18H14FN5OS. The molecule has 4 aromatic rings. The van der Waals surface area contributed by atoms with Gasteiger partial charge in [0.05, 0.1) is 17.5 Å². The smallest absolute Gasteiger partial charge is 0.257 e. The van der Waals surface area contributed by atoms with Gasteiger partial charge in [0, 0.05) is 12.6 Å². The van der Waals surface area contributed by atoms with Crippen molar-refractivity contribution in [1.82, 2.24) is 19.7 Å². The molecule has 2 aromatic heterocycles. The maximum Gasteiger partial charge on any atom is 0.257 e. The number of nitrogens with zero attached hydrogens (tertiary/aromatic N) is 4. The zero-order chi connectivity index (χ0) is 18.1. The van der Waals surface area contributed by atoms with Gasteiger partial charge in [-0.25, -0.2) is 9.37 Å². The second-order valence-corrected chi connectivity index (χ2v) is 6.78. The van der Waals surface area contributed by atoms with Crippen LogP contribution in [0.5, 0.6) is 0 Å². The summed E-state index contributed by atoms with van der Waals surface area (Å²) in [5.74, 6) is -0.0160. The van der Waals surface area contributed by atoms with Crippen LogP contribution in [-0.4, -0.2) is 25.7 Å². The van der Waals surface area contributed by atoms with Crippen LogP contribution in [0.2, 0.25) is 0 Å². The fraction of sp³-hybridized carbons (Fsp3) is 0.111. The van der Waals surface area contributed by atoms with E-state index in [-0.39, 0.29) is 5.56 Å². The molecule has 0 radical (unpaired) electrons. The summed E-state index contributed by atoms with van der Waals surface area (Å²) in [6.07, 6.45) is 0.513. The number of aryl methyl sites for hydroxylation is 1. The molecule has 26 heavy (non-hydrogen) atoms. The van der Waals surface area contributed by atoms with Crippen LogP contribution >= 0.6 is 11.3 Å². The Morgan fingerprint density at radius 2 is 2.04 bits per heavy atom. The number of amides is 1. The first-order valence-corrected chi connectivity index (χ1v) is 8.71. The first kappa shape index (κ1) is 16.3. The van der Waals surface area contributed by atoms with E-state index in [4.69, 9.17) is 0 Å². The van der Waals surface area contributed by atoms with Crippen molar-refractivity contribution in [2.24, 2.45) is 7.05 Å².